The summed E-state index contributed by atoms with van der Waals surface area (Å²) in [4.78, 5) is 24.0. The number of anilines is 1. The van der Waals surface area contributed by atoms with Crippen molar-refractivity contribution in [3.05, 3.63) is 12.7 Å². The number of aliphatic hydroxyl groups is 2. The summed E-state index contributed by atoms with van der Waals surface area (Å²) in [5.41, 5.74) is 6.44. The predicted octanol–water partition coefficient (Wildman–Crippen LogP) is -0.773. The van der Waals surface area contributed by atoms with Gasteiger partial charge in [0.15, 0.2) is 23.8 Å². The van der Waals surface area contributed by atoms with Gasteiger partial charge in [-0.25, -0.2) is 15.0 Å². The van der Waals surface area contributed by atoms with Gasteiger partial charge in [0, 0.05) is 1.37 Å². The molecule has 0 aliphatic carbocycles. The van der Waals surface area contributed by atoms with Crippen LogP contribution < -0.4 is 5.73 Å². The van der Waals surface area contributed by atoms with Crippen molar-refractivity contribution in [1.29, 1.82) is 0 Å². The highest BCUT2D eigenvalue weighted by atomic mass is 16.6. The number of ether oxygens (including phenoxy) is 2. The number of aliphatic hydroxyl groups excluding tert-OH is 2. The molecule has 2 aromatic rings. The van der Waals surface area contributed by atoms with Gasteiger partial charge in [0.1, 0.15) is 24.1 Å². The molecule has 1 saturated heterocycles. The Morgan fingerprint density at radius 2 is 2.38 bits per heavy atom. The first-order chi connectivity index (χ1) is 12.0. The third kappa shape index (κ3) is 2.68. The van der Waals surface area contributed by atoms with E-state index in [0.717, 1.165) is 0 Å². The van der Waals surface area contributed by atoms with Crippen LogP contribution in [0.5, 0.6) is 0 Å². The van der Waals surface area contributed by atoms with Crippen molar-refractivity contribution in [2.75, 3.05) is 12.3 Å². The number of hydrogen-bond donors (Lipinski definition) is 3. The molecule has 5 atom stereocenters. The third-order valence-electron chi connectivity index (χ3n) is 3.81. The second-order valence-corrected chi connectivity index (χ2v) is 5.62. The van der Waals surface area contributed by atoms with Gasteiger partial charge in [0.2, 0.25) is 0 Å². The van der Waals surface area contributed by atoms with E-state index in [1.165, 1.54) is 17.2 Å². The number of aromatic nitrogens is 4. The summed E-state index contributed by atoms with van der Waals surface area (Å²) < 4.78 is 19.6. The maximum absolute atomic E-state index is 11.9. The molecule has 130 valence electrons. The largest absolute Gasteiger partial charge is 0.456 e. The van der Waals surface area contributed by atoms with Gasteiger partial charge in [0.05, 0.1) is 18.9 Å². The Morgan fingerprint density at radius 3 is 3.08 bits per heavy atom. The molecule has 1 aliphatic rings. The molecule has 2 aromatic heterocycles. The van der Waals surface area contributed by atoms with Crippen molar-refractivity contribution in [3.8, 4) is 0 Å². The molecule has 24 heavy (non-hydrogen) atoms. The standard InChI is InChI=1S/C14H19N5O5/c1-6(2)14(22)24-10-7(3-20)23-13(9(10)21)19-5-18-8-11(15)16-4-17-12(8)19/h4-7,9-10,13,20-21H,3H2,1-2H3,(H2,15,16,17)/t7-,9+,10-,13?/m1/s1/i1D/t6?,7-,9+,10-,13?. The molecule has 0 spiro atoms. The summed E-state index contributed by atoms with van der Waals surface area (Å²) in [5.74, 6) is -1.10. The highest BCUT2D eigenvalue weighted by molar-refractivity contribution is 5.81. The molecule has 10 heteroatoms. The zero-order chi connectivity index (χ0) is 18.1. The number of fused-ring (bicyclic) bond motifs is 1. The third-order valence-corrected chi connectivity index (χ3v) is 3.81. The van der Waals surface area contributed by atoms with E-state index in [1.54, 1.807) is 6.92 Å². The summed E-state index contributed by atoms with van der Waals surface area (Å²) in [6.07, 6.45) is -1.58. The Kier molecular flexibility index (Phi) is 4.00. The monoisotopic (exact) mass is 338 g/mol. The van der Waals surface area contributed by atoms with Gasteiger partial charge in [-0.2, -0.15) is 0 Å². The lowest BCUT2D eigenvalue weighted by atomic mass is 10.1. The average Bonchev–Trinajstić information content (AvgIpc) is 3.17. The van der Waals surface area contributed by atoms with E-state index < -0.39 is 43.0 Å². The average molecular weight is 338 g/mol. The first-order valence-corrected chi connectivity index (χ1v) is 7.35. The van der Waals surface area contributed by atoms with Crippen molar-refractivity contribution in [1.82, 2.24) is 19.5 Å². The van der Waals surface area contributed by atoms with Crippen molar-refractivity contribution in [2.45, 2.75) is 38.4 Å². The van der Waals surface area contributed by atoms with Crippen molar-refractivity contribution in [3.63, 3.8) is 0 Å². The minimum absolute atomic E-state index is 0.141. The highest BCUT2D eigenvalue weighted by Crippen LogP contribution is 2.33. The molecule has 0 amide bonds. The highest BCUT2D eigenvalue weighted by Gasteiger charge is 2.47. The molecule has 2 unspecified atom stereocenters. The lowest BCUT2D eigenvalue weighted by Crippen LogP contribution is -2.38. The van der Waals surface area contributed by atoms with E-state index in [4.69, 9.17) is 16.6 Å². The quantitative estimate of drug-likeness (QED) is 0.611. The number of rotatable bonds is 4. The number of carbonyl (C=O) groups is 1. The smallest absolute Gasteiger partial charge is 0.308 e. The van der Waals surface area contributed by atoms with Crippen LogP contribution in [0.2, 0.25) is 0 Å². The van der Waals surface area contributed by atoms with Crippen LogP contribution in [-0.4, -0.2) is 60.6 Å². The minimum atomic E-state index is -1.26. The normalized spacial score (nSPS) is 28.7. The summed E-state index contributed by atoms with van der Waals surface area (Å²) in [6, 6.07) is 0. The molecule has 3 heterocycles. The van der Waals surface area contributed by atoms with Crippen LogP contribution in [0, 0.1) is 5.92 Å². The van der Waals surface area contributed by atoms with Gasteiger partial charge < -0.3 is 25.4 Å². The maximum Gasteiger partial charge on any atom is 0.308 e. The molecule has 0 bridgehead atoms. The van der Waals surface area contributed by atoms with Gasteiger partial charge in [0.25, 0.3) is 0 Å². The SMILES string of the molecule is [2H]CC(C)C(=O)O[C@H]1[C@H](O)C(n2cnc3c(N)ncnc32)O[C@@H]1CO. The number of carbonyl (C=O) groups excluding carboxylic acids is 1. The number of nitrogens with two attached hydrogens (primary N) is 1. The van der Waals surface area contributed by atoms with E-state index in [1.807, 2.05) is 0 Å². The van der Waals surface area contributed by atoms with Crippen LogP contribution in [0.25, 0.3) is 11.2 Å². The van der Waals surface area contributed by atoms with Gasteiger partial charge in [-0.15, -0.1) is 0 Å². The van der Waals surface area contributed by atoms with Gasteiger partial charge in [-0.3, -0.25) is 9.36 Å². The molecular weight excluding hydrogens is 318 g/mol. The molecule has 0 aromatic carbocycles. The number of imidazole rings is 1. The molecule has 10 nitrogen and oxygen atoms in total. The Hall–Kier alpha value is -2.30. The van der Waals surface area contributed by atoms with Crippen molar-refractivity contribution < 1.29 is 25.9 Å². The Balaban J connectivity index is 1.88. The summed E-state index contributed by atoms with van der Waals surface area (Å²) in [6.45, 7) is 0.953. The second kappa shape index (κ2) is 6.30. The van der Waals surface area contributed by atoms with E-state index in [2.05, 4.69) is 15.0 Å². The number of nitrogen functional groups attached to an aromatic ring is 1. The summed E-state index contributed by atoms with van der Waals surface area (Å²) in [5, 5.41) is 20.1. The summed E-state index contributed by atoms with van der Waals surface area (Å²) in [7, 11) is 0. The fourth-order valence-corrected chi connectivity index (χ4v) is 2.55. The van der Waals surface area contributed by atoms with Gasteiger partial charge >= 0.3 is 5.97 Å². The van der Waals surface area contributed by atoms with E-state index in [-0.39, 0.29) is 12.7 Å². The Morgan fingerprint density at radius 1 is 1.58 bits per heavy atom. The first kappa shape index (κ1) is 15.2. The topological polar surface area (TPSA) is 146 Å². The molecule has 1 aliphatic heterocycles. The van der Waals surface area contributed by atoms with Gasteiger partial charge in [-0.1, -0.05) is 13.8 Å². The van der Waals surface area contributed by atoms with Crippen LogP contribution in [0.3, 0.4) is 0 Å². The van der Waals surface area contributed by atoms with E-state index in [0.29, 0.717) is 11.2 Å². The summed E-state index contributed by atoms with van der Waals surface area (Å²) >= 11 is 0. The molecule has 1 fully saturated rings. The van der Waals surface area contributed by atoms with E-state index in [9.17, 15) is 15.0 Å². The lowest BCUT2D eigenvalue weighted by molar-refractivity contribution is -0.160. The number of hydrogen-bond acceptors (Lipinski definition) is 9. The molecule has 0 radical (unpaired) electrons. The Bertz CT molecular complexity index is 771. The molecule has 0 saturated carbocycles. The van der Waals surface area contributed by atoms with Crippen LogP contribution in [-0.2, 0) is 14.3 Å². The number of nitrogens with zero attached hydrogens (tertiary/aromatic N) is 4. The molecule has 3 rings (SSSR count). The lowest BCUT2D eigenvalue weighted by Gasteiger charge is -2.20. The first-order valence-electron chi connectivity index (χ1n) is 8.05. The van der Waals surface area contributed by atoms with Crippen LogP contribution >= 0.6 is 0 Å². The molecular formula is C14H19N5O5. The number of esters is 1. The zero-order valence-corrected chi connectivity index (χ0v) is 12.9. The Labute approximate surface area is 138 Å². The fraction of sp³-hybridized carbons (Fsp3) is 0.571. The van der Waals surface area contributed by atoms with Crippen LogP contribution in [0.4, 0.5) is 5.82 Å². The van der Waals surface area contributed by atoms with Crippen molar-refractivity contribution in [2.24, 2.45) is 5.92 Å². The van der Waals surface area contributed by atoms with Crippen LogP contribution in [0.1, 0.15) is 21.4 Å². The maximum atomic E-state index is 11.9. The zero-order valence-electron chi connectivity index (χ0n) is 13.9. The fourth-order valence-electron chi connectivity index (χ4n) is 2.55. The molecule has 4 N–H and O–H groups in total. The van der Waals surface area contributed by atoms with Crippen molar-refractivity contribution >= 4 is 23.0 Å². The van der Waals surface area contributed by atoms with E-state index >= 15 is 0 Å². The van der Waals surface area contributed by atoms with Gasteiger partial charge in [-0.05, 0) is 0 Å². The predicted molar refractivity (Wildman–Crippen MR) is 81.5 cm³/mol. The minimum Gasteiger partial charge on any atom is -0.456 e. The second-order valence-electron chi connectivity index (χ2n) is 5.62. The van der Waals surface area contributed by atoms with Crippen LogP contribution in [0.15, 0.2) is 12.7 Å².